The zero-order chi connectivity index (χ0) is 63.2. The van der Waals surface area contributed by atoms with Crippen LogP contribution in [0.2, 0.25) is 30.7 Å². The number of methoxy groups -OCH3 is 1. The number of ether oxygens (including phenoxy) is 4. The number of hydrogen-bond donors (Lipinski definition) is 0. The van der Waals surface area contributed by atoms with Gasteiger partial charge >= 0.3 is 12.1 Å². The number of thiazole rings is 2. The largest absolute Gasteiger partial charge is 0.491 e. The number of para-hydroxylation sites is 1. The third-order valence-electron chi connectivity index (χ3n) is 15.0. The van der Waals surface area contributed by atoms with E-state index in [1.54, 1.807) is 28.4 Å². The summed E-state index contributed by atoms with van der Waals surface area (Å²) in [5.41, 5.74) is 1.98. The maximum atomic E-state index is 15.3. The minimum absolute atomic E-state index is 0.125. The second-order valence-electron chi connectivity index (χ2n) is 25.8. The fourth-order valence-electron chi connectivity index (χ4n) is 10.5. The Balaban J connectivity index is 1.13. The van der Waals surface area contributed by atoms with Gasteiger partial charge in [0, 0.05) is 64.4 Å². The molecule has 1 aliphatic rings. The number of halogens is 1. The van der Waals surface area contributed by atoms with Crippen LogP contribution in [0, 0.1) is 24.6 Å². The Bertz CT molecular complexity index is 3540. The quantitative estimate of drug-likeness (QED) is 0.0231. The van der Waals surface area contributed by atoms with Crippen molar-refractivity contribution in [3.63, 3.8) is 0 Å². The van der Waals surface area contributed by atoms with Crippen molar-refractivity contribution in [1.82, 2.24) is 34.4 Å². The average molecular weight is 1270 g/mol. The van der Waals surface area contributed by atoms with Crippen LogP contribution in [0.25, 0.3) is 10.2 Å². The van der Waals surface area contributed by atoms with Gasteiger partial charge in [-0.15, -0.1) is 21.5 Å². The predicted molar refractivity (Wildman–Crippen MR) is 358 cm³/mol. The average Bonchev–Trinajstić information content (AvgIpc) is 1.28. The lowest BCUT2D eigenvalue weighted by Crippen LogP contribution is -2.68. The summed E-state index contributed by atoms with van der Waals surface area (Å²) in [7, 11) is 0.816. The molecule has 1 unspecified atom stereocenters. The molecule has 7 aromatic rings. The summed E-state index contributed by atoms with van der Waals surface area (Å²) in [5, 5.41) is 12.4. The van der Waals surface area contributed by atoms with Crippen LogP contribution in [-0.2, 0) is 31.8 Å². The van der Waals surface area contributed by atoms with Crippen LogP contribution >= 0.6 is 22.7 Å². The molecule has 4 aromatic carbocycles. The fraction of sp³-hybridized carbons (Fsp3) is 0.463. The van der Waals surface area contributed by atoms with Gasteiger partial charge in [0.15, 0.2) is 38.8 Å². The zero-order valence-corrected chi connectivity index (χ0v) is 57.3. The van der Waals surface area contributed by atoms with E-state index in [0.717, 1.165) is 26.6 Å². The maximum absolute atomic E-state index is 15.3. The Labute approximate surface area is 529 Å². The van der Waals surface area contributed by atoms with Crippen LogP contribution in [0.3, 0.4) is 0 Å². The van der Waals surface area contributed by atoms with Gasteiger partial charge in [-0.1, -0.05) is 136 Å². The molecule has 88 heavy (non-hydrogen) atoms. The number of benzene rings is 4. The number of aryl methyl sites for hydroxylation is 2. The number of aromatic nitrogens is 4. The monoisotopic (exact) mass is 1270 g/mol. The van der Waals surface area contributed by atoms with Crippen molar-refractivity contribution in [3.8, 4) is 17.6 Å². The lowest BCUT2D eigenvalue weighted by Gasteiger charge is -2.46. The molecule has 1 saturated heterocycles. The number of fused-ring (bicyclic) bond motifs is 1. The number of carbonyl (C=O) groups excluding carboxylic acids is 2. The minimum Gasteiger partial charge on any atom is -0.491 e. The molecule has 3 aromatic heterocycles. The van der Waals surface area contributed by atoms with Crippen molar-refractivity contribution in [3.05, 3.63) is 142 Å². The fourth-order valence-corrected chi connectivity index (χ4v) is 18.1. The number of hydrogen-bond acceptors (Lipinski definition) is 16. The Morgan fingerprint density at radius 1 is 0.841 bits per heavy atom. The number of piperazine rings is 1. The van der Waals surface area contributed by atoms with Crippen LogP contribution in [0.15, 0.2) is 114 Å². The van der Waals surface area contributed by atoms with E-state index < -0.39 is 33.8 Å². The van der Waals surface area contributed by atoms with Crippen molar-refractivity contribution in [2.24, 2.45) is 4.99 Å². The molecular formula is C67H88FN9O7S2Si2. The second-order valence-corrected chi connectivity index (χ2v) is 37.8. The Morgan fingerprint density at radius 3 is 2.15 bits per heavy atom. The van der Waals surface area contributed by atoms with Crippen LogP contribution in [0.1, 0.15) is 87.3 Å². The van der Waals surface area contributed by atoms with Gasteiger partial charge in [0.1, 0.15) is 12.3 Å². The third-order valence-corrected chi connectivity index (χ3v) is 24.0. The molecular weight excluding hydrogens is 1180 g/mol. The predicted octanol–water partition coefficient (Wildman–Crippen LogP) is 12.1. The molecule has 0 radical (unpaired) electrons. The molecule has 4 heterocycles. The van der Waals surface area contributed by atoms with Gasteiger partial charge in [-0.25, -0.2) is 19.0 Å². The lowest BCUT2D eigenvalue weighted by atomic mass is 10.1. The van der Waals surface area contributed by atoms with Gasteiger partial charge in [0.25, 0.3) is 8.32 Å². The molecule has 21 heteroatoms. The summed E-state index contributed by atoms with van der Waals surface area (Å²) >= 11 is 2.96. The van der Waals surface area contributed by atoms with Gasteiger partial charge < -0.3 is 33.2 Å². The summed E-state index contributed by atoms with van der Waals surface area (Å²) in [6.07, 6.45) is 1.55. The van der Waals surface area contributed by atoms with E-state index in [0.29, 0.717) is 112 Å². The van der Waals surface area contributed by atoms with Gasteiger partial charge in [-0.2, -0.15) is 4.99 Å². The molecule has 1 atom stereocenters. The van der Waals surface area contributed by atoms with Gasteiger partial charge in [-0.05, 0) is 131 Å². The summed E-state index contributed by atoms with van der Waals surface area (Å²) in [4.78, 5) is 46.8. The highest BCUT2D eigenvalue weighted by atomic mass is 32.1. The van der Waals surface area contributed by atoms with Gasteiger partial charge in [-0.3, -0.25) is 14.4 Å². The molecule has 0 aliphatic carbocycles. The molecule has 0 bridgehead atoms. The van der Waals surface area contributed by atoms with E-state index in [4.69, 9.17) is 43.5 Å². The second kappa shape index (κ2) is 30.3. The highest BCUT2D eigenvalue weighted by Gasteiger charge is 2.51. The normalized spacial score (nSPS) is 14.0. The van der Waals surface area contributed by atoms with E-state index in [1.165, 1.54) is 34.9 Å². The molecule has 0 saturated carbocycles. The van der Waals surface area contributed by atoms with Gasteiger partial charge in [0.2, 0.25) is 0 Å². The van der Waals surface area contributed by atoms with Crippen molar-refractivity contribution >= 4 is 88.5 Å². The molecule has 0 spiro atoms. The van der Waals surface area contributed by atoms with E-state index in [-0.39, 0.29) is 35.3 Å². The Kier molecular flexibility index (Phi) is 23.1. The van der Waals surface area contributed by atoms with Crippen molar-refractivity contribution in [2.75, 3.05) is 85.1 Å². The number of nitrogens with zero attached hydrogens (tertiary/aromatic N) is 9. The van der Waals surface area contributed by atoms with E-state index in [9.17, 15) is 9.59 Å². The summed E-state index contributed by atoms with van der Waals surface area (Å²) in [6, 6.07) is 37.4. The van der Waals surface area contributed by atoms with Crippen molar-refractivity contribution < 1.29 is 37.4 Å². The van der Waals surface area contributed by atoms with Crippen LogP contribution in [0.5, 0.6) is 5.75 Å². The molecule has 1 amide bonds. The summed E-state index contributed by atoms with van der Waals surface area (Å²) < 4.78 is 49.9. The summed E-state index contributed by atoms with van der Waals surface area (Å²) in [5.74, 6) is 6.10. The molecule has 470 valence electrons. The molecule has 1 aliphatic heterocycles. The SMILES string of the molecule is COC(=O)c1nc(N(CCCC(CN2CCN(C(=O)OC(C)(C)C)CC2)O[Si](c2ccccc2)(c2ccccc2)C(C)(C)C)c2cc(C)c(/N=c3\sc4ccccc4n3COCC[Si](C)(C)C)nn2)sc1CCCOc1ccc(C#CCN(C)C)cc1F. The molecule has 8 rings (SSSR count). The zero-order valence-electron chi connectivity index (χ0n) is 53.7. The minimum atomic E-state index is -3.08. The molecule has 1 fully saturated rings. The Hall–Kier alpha value is -6.62. The summed E-state index contributed by atoms with van der Waals surface area (Å²) in [6.45, 7) is 26.8. The van der Waals surface area contributed by atoms with Crippen LogP contribution in [-0.4, -0.2) is 155 Å². The van der Waals surface area contributed by atoms with E-state index in [2.05, 4.69) is 135 Å². The first-order valence-corrected chi connectivity index (χ1v) is 37.6. The molecule has 16 nitrogen and oxygen atoms in total. The lowest BCUT2D eigenvalue weighted by molar-refractivity contribution is 0.0105. The standard InChI is InChI=1S/C67H88FN9O7S2Si2/c1-49-45-59(71-72-61(49)70-64-77(48-81-43-44-87(11,12)13)55-31-20-21-32-57(55)85-64)76(63-69-60(62(78)80-10)58(86-63)33-24-42-82-56-35-34-50(46-54(56)68)25-22-36-73(8)9)37-23-26-51(47-74-38-40-75(41-39-74)65(79)83-66(2,3)4)84-88(67(5,6)7,52-27-16-14-17-28-52)53-29-18-15-19-30-53/h14-21,27-32,34-35,45-46,51H,23-24,26,33,36-44,47-48H2,1-13H3/b70-64-. The van der Waals surface area contributed by atoms with Crippen molar-refractivity contribution in [2.45, 2.75) is 123 Å². The first kappa shape index (κ1) is 67.3. The first-order valence-electron chi connectivity index (χ1n) is 30.4. The highest BCUT2D eigenvalue weighted by molar-refractivity contribution is 7.16. The van der Waals surface area contributed by atoms with Crippen LogP contribution in [0.4, 0.5) is 26.0 Å². The van der Waals surface area contributed by atoms with Crippen molar-refractivity contribution in [1.29, 1.82) is 0 Å². The topological polar surface area (TPSA) is 149 Å². The third kappa shape index (κ3) is 18.0. The number of rotatable bonds is 25. The molecule has 0 N–H and O–H groups in total. The smallest absolute Gasteiger partial charge is 0.410 e. The van der Waals surface area contributed by atoms with Crippen LogP contribution < -0.4 is 24.8 Å². The number of esters is 1. The Morgan fingerprint density at radius 2 is 1.52 bits per heavy atom. The van der Waals surface area contributed by atoms with Gasteiger partial charge in [0.05, 0.1) is 36.6 Å². The number of amides is 1. The number of carbonyl (C=O) groups is 2. The van der Waals surface area contributed by atoms with E-state index in [1.807, 2.05) is 69.8 Å². The highest BCUT2D eigenvalue weighted by Crippen LogP contribution is 2.39. The van der Waals surface area contributed by atoms with E-state index >= 15 is 4.39 Å². The number of anilines is 2. The first-order chi connectivity index (χ1) is 41.9. The maximum Gasteiger partial charge on any atom is 0.410 e.